The highest BCUT2D eigenvalue weighted by atomic mass is 16.4. The Morgan fingerprint density at radius 2 is 1.90 bits per heavy atom. The number of hydrogen-bond donors (Lipinski definition) is 3. The van der Waals surface area contributed by atoms with Gasteiger partial charge in [0.2, 0.25) is 0 Å². The summed E-state index contributed by atoms with van der Waals surface area (Å²) in [6.07, 6.45) is 5.81. The van der Waals surface area contributed by atoms with Gasteiger partial charge < -0.3 is 15.7 Å². The average molecular weight is 289 g/mol. The molecule has 0 saturated heterocycles. The maximum atomic E-state index is 11.8. The smallest absolute Gasteiger partial charge is 0.337 e. The van der Waals surface area contributed by atoms with E-state index < -0.39 is 12.0 Å². The van der Waals surface area contributed by atoms with Crippen LogP contribution in [-0.4, -0.2) is 31.9 Å². The molecular formula is C13H15N5O3. The van der Waals surface area contributed by atoms with E-state index in [-0.39, 0.29) is 11.6 Å². The Hall–Kier alpha value is -2.90. The summed E-state index contributed by atoms with van der Waals surface area (Å²) in [4.78, 5) is 26.4. The number of rotatable bonds is 4. The van der Waals surface area contributed by atoms with E-state index in [0.717, 1.165) is 0 Å². The lowest BCUT2D eigenvalue weighted by Crippen LogP contribution is -2.19. The summed E-state index contributed by atoms with van der Waals surface area (Å²) in [6, 6.07) is 1.02. The largest absolute Gasteiger partial charge is 0.478 e. The number of carboxylic acids is 1. The molecule has 0 fully saturated rings. The molecule has 0 unspecified atom stereocenters. The summed E-state index contributed by atoms with van der Waals surface area (Å²) in [5.41, 5.74) is 0.840. The van der Waals surface area contributed by atoms with Crippen molar-refractivity contribution < 1.29 is 14.7 Å². The number of urea groups is 1. The van der Waals surface area contributed by atoms with Crippen molar-refractivity contribution in [2.24, 2.45) is 0 Å². The Labute approximate surface area is 120 Å². The topological polar surface area (TPSA) is 109 Å². The van der Waals surface area contributed by atoms with Crippen LogP contribution in [0.2, 0.25) is 0 Å². The van der Waals surface area contributed by atoms with Crippen LogP contribution in [0.3, 0.4) is 0 Å². The van der Waals surface area contributed by atoms with Gasteiger partial charge in [-0.25, -0.2) is 9.59 Å². The highest BCUT2D eigenvalue weighted by molar-refractivity contribution is 6.00. The maximum Gasteiger partial charge on any atom is 0.337 e. The molecule has 0 bridgehead atoms. The summed E-state index contributed by atoms with van der Waals surface area (Å²) in [5.74, 6) is -1.11. The monoisotopic (exact) mass is 289 g/mol. The number of nitrogens with one attached hydrogen (secondary N) is 2. The van der Waals surface area contributed by atoms with E-state index in [4.69, 9.17) is 5.11 Å². The molecule has 110 valence electrons. The lowest BCUT2D eigenvalue weighted by Gasteiger charge is -2.06. The second kappa shape index (κ2) is 6.04. The Balaban J connectivity index is 2.01. The SMILES string of the molecule is CC(C)n1cc(NC(=O)Nc2cncc(C(=O)O)c2)cn1. The summed E-state index contributed by atoms with van der Waals surface area (Å²) < 4.78 is 1.71. The molecule has 0 aliphatic heterocycles. The molecule has 2 aromatic rings. The van der Waals surface area contributed by atoms with E-state index in [0.29, 0.717) is 11.4 Å². The fourth-order valence-corrected chi connectivity index (χ4v) is 1.60. The second-order valence-electron chi connectivity index (χ2n) is 4.65. The maximum absolute atomic E-state index is 11.8. The van der Waals surface area contributed by atoms with Crippen LogP contribution in [0.4, 0.5) is 16.2 Å². The standard InChI is InChI=1S/C13H15N5O3/c1-8(2)18-7-11(6-15-18)17-13(21)16-10-3-9(12(19)20)4-14-5-10/h3-8H,1-2H3,(H,19,20)(H2,16,17,21). The number of amides is 2. The predicted molar refractivity (Wildman–Crippen MR) is 76.4 cm³/mol. The third-order valence-electron chi connectivity index (χ3n) is 2.63. The summed E-state index contributed by atoms with van der Waals surface area (Å²) in [6.45, 7) is 3.94. The van der Waals surface area contributed by atoms with Crippen LogP contribution in [0.15, 0.2) is 30.9 Å². The molecule has 0 aliphatic carbocycles. The van der Waals surface area contributed by atoms with Gasteiger partial charge in [-0.15, -0.1) is 0 Å². The van der Waals surface area contributed by atoms with E-state index in [1.807, 2.05) is 13.8 Å². The van der Waals surface area contributed by atoms with Gasteiger partial charge in [-0.1, -0.05) is 0 Å². The van der Waals surface area contributed by atoms with Crippen LogP contribution in [0.1, 0.15) is 30.2 Å². The molecule has 0 atom stereocenters. The molecule has 8 heteroatoms. The number of carbonyl (C=O) groups is 2. The molecule has 0 radical (unpaired) electrons. The summed E-state index contributed by atoms with van der Waals surface area (Å²) in [5, 5.41) is 18.1. The van der Waals surface area contributed by atoms with Crippen LogP contribution >= 0.6 is 0 Å². The zero-order valence-electron chi connectivity index (χ0n) is 11.6. The Kier molecular flexibility index (Phi) is 4.17. The van der Waals surface area contributed by atoms with Crippen molar-refractivity contribution in [2.75, 3.05) is 10.6 Å². The molecule has 0 aromatic carbocycles. The number of carboxylic acid groups (broad SMARTS) is 1. The number of pyridine rings is 1. The quantitative estimate of drug-likeness (QED) is 0.799. The molecule has 0 aliphatic rings. The number of carbonyl (C=O) groups excluding carboxylic acids is 1. The molecule has 8 nitrogen and oxygen atoms in total. The molecule has 2 amide bonds. The van der Waals surface area contributed by atoms with Crippen LogP contribution in [0, 0.1) is 0 Å². The van der Waals surface area contributed by atoms with Crippen LogP contribution < -0.4 is 10.6 Å². The van der Waals surface area contributed by atoms with E-state index in [2.05, 4.69) is 20.7 Å². The van der Waals surface area contributed by atoms with Gasteiger partial charge in [0.1, 0.15) is 0 Å². The molecule has 2 rings (SSSR count). The normalized spacial score (nSPS) is 10.4. The Bertz CT molecular complexity index is 665. The molecular weight excluding hydrogens is 274 g/mol. The first-order valence-electron chi connectivity index (χ1n) is 6.26. The fourth-order valence-electron chi connectivity index (χ4n) is 1.60. The zero-order valence-corrected chi connectivity index (χ0v) is 11.6. The first-order valence-corrected chi connectivity index (χ1v) is 6.26. The van der Waals surface area contributed by atoms with Crippen molar-refractivity contribution in [2.45, 2.75) is 19.9 Å². The predicted octanol–water partition coefficient (Wildman–Crippen LogP) is 2.20. The summed E-state index contributed by atoms with van der Waals surface area (Å²) >= 11 is 0. The third kappa shape index (κ3) is 3.78. The lowest BCUT2D eigenvalue weighted by atomic mass is 10.3. The van der Waals surface area contributed by atoms with Gasteiger partial charge in [0.15, 0.2) is 0 Å². The number of nitrogens with zero attached hydrogens (tertiary/aromatic N) is 3. The lowest BCUT2D eigenvalue weighted by molar-refractivity contribution is 0.0696. The summed E-state index contributed by atoms with van der Waals surface area (Å²) in [7, 11) is 0. The molecule has 3 N–H and O–H groups in total. The van der Waals surface area contributed by atoms with E-state index in [1.54, 1.807) is 10.9 Å². The van der Waals surface area contributed by atoms with Crippen LogP contribution in [0.25, 0.3) is 0 Å². The van der Waals surface area contributed by atoms with Crippen molar-refractivity contribution in [1.29, 1.82) is 0 Å². The number of anilines is 2. The highest BCUT2D eigenvalue weighted by Crippen LogP contribution is 2.12. The van der Waals surface area contributed by atoms with E-state index in [1.165, 1.54) is 24.7 Å². The second-order valence-corrected chi connectivity index (χ2v) is 4.65. The first-order chi connectivity index (χ1) is 9.95. The van der Waals surface area contributed by atoms with Crippen LogP contribution in [0.5, 0.6) is 0 Å². The van der Waals surface area contributed by atoms with Crippen molar-refractivity contribution in [3.63, 3.8) is 0 Å². The Morgan fingerprint density at radius 1 is 1.19 bits per heavy atom. The van der Waals surface area contributed by atoms with Gasteiger partial charge in [0.25, 0.3) is 0 Å². The number of hydrogen-bond acceptors (Lipinski definition) is 4. The van der Waals surface area contributed by atoms with E-state index in [9.17, 15) is 9.59 Å². The van der Waals surface area contributed by atoms with Gasteiger partial charge in [0, 0.05) is 18.4 Å². The van der Waals surface area contributed by atoms with Gasteiger partial charge in [-0.05, 0) is 19.9 Å². The average Bonchev–Trinajstić information content (AvgIpc) is 2.87. The fraction of sp³-hybridized carbons (Fsp3) is 0.231. The molecule has 2 aromatic heterocycles. The number of aromatic carboxylic acids is 1. The molecule has 21 heavy (non-hydrogen) atoms. The van der Waals surface area contributed by atoms with Gasteiger partial charge in [-0.2, -0.15) is 5.10 Å². The van der Waals surface area contributed by atoms with Crippen LogP contribution in [-0.2, 0) is 0 Å². The molecule has 0 saturated carbocycles. The zero-order chi connectivity index (χ0) is 15.4. The van der Waals surface area contributed by atoms with Crippen molar-refractivity contribution >= 4 is 23.4 Å². The van der Waals surface area contributed by atoms with Gasteiger partial charge in [-0.3, -0.25) is 9.67 Å². The minimum absolute atomic E-state index is 0.000396. The molecule has 2 heterocycles. The van der Waals surface area contributed by atoms with Gasteiger partial charge in [0.05, 0.1) is 29.3 Å². The number of aromatic nitrogens is 3. The minimum atomic E-state index is -1.11. The molecule has 0 spiro atoms. The van der Waals surface area contributed by atoms with Crippen molar-refractivity contribution in [3.8, 4) is 0 Å². The Morgan fingerprint density at radius 3 is 2.52 bits per heavy atom. The van der Waals surface area contributed by atoms with Crippen molar-refractivity contribution in [1.82, 2.24) is 14.8 Å². The third-order valence-corrected chi connectivity index (χ3v) is 2.63. The van der Waals surface area contributed by atoms with Crippen molar-refractivity contribution in [3.05, 3.63) is 36.4 Å². The van der Waals surface area contributed by atoms with E-state index >= 15 is 0 Å². The van der Waals surface area contributed by atoms with Gasteiger partial charge >= 0.3 is 12.0 Å². The minimum Gasteiger partial charge on any atom is -0.478 e. The first kappa shape index (κ1) is 14.5. The highest BCUT2D eigenvalue weighted by Gasteiger charge is 2.08.